The zero-order valence-electron chi connectivity index (χ0n) is 14.7. The third-order valence-corrected chi connectivity index (χ3v) is 6.77. The number of halogens is 1. The molecule has 2 aromatic carbocycles. The summed E-state index contributed by atoms with van der Waals surface area (Å²) in [5.41, 5.74) is 2.77. The normalized spacial score (nSPS) is 20.7. The molecule has 4 rings (SSSR count). The molecular weight excluding hydrogens is 362 g/mol. The molecule has 26 heavy (non-hydrogen) atoms. The van der Waals surface area contributed by atoms with E-state index in [4.69, 9.17) is 16.9 Å². The van der Waals surface area contributed by atoms with E-state index in [2.05, 4.69) is 52.3 Å². The van der Waals surface area contributed by atoms with Gasteiger partial charge in [-0.25, -0.2) is 0 Å². The van der Waals surface area contributed by atoms with Crippen LogP contribution >= 0.6 is 23.4 Å². The van der Waals surface area contributed by atoms with Gasteiger partial charge in [-0.1, -0.05) is 41.6 Å². The molecule has 0 aromatic heterocycles. The number of nitriles is 1. The van der Waals surface area contributed by atoms with E-state index in [9.17, 15) is 0 Å². The van der Waals surface area contributed by atoms with Crippen LogP contribution in [0.2, 0.25) is 5.02 Å². The predicted molar refractivity (Wildman–Crippen MR) is 107 cm³/mol. The van der Waals surface area contributed by atoms with E-state index < -0.39 is 0 Å². The largest absolute Gasteiger partial charge is 0.300 e. The molecule has 2 aromatic rings. The zero-order chi connectivity index (χ0) is 17.9. The van der Waals surface area contributed by atoms with E-state index in [0.29, 0.717) is 12.5 Å². The lowest BCUT2D eigenvalue weighted by atomic mass is 9.96. The van der Waals surface area contributed by atoms with Crippen molar-refractivity contribution in [2.24, 2.45) is 0 Å². The second kappa shape index (κ2) is 8.02. The number of hydrogen-bond donors (Lipinski definition) is 0. The van der Waals surface area contributed by atoms with Gasteiger partial charge in [0.2, 0.25) is 0 Å². The summed E-state index contributed by atoms with van der Waals surface area (Å²) in [5.74, 6) is 0. The van der Waals surface area contributed by atoms with E-state index in [-0.39, 0.29) is 0 Å². The van der Waals surface area contributed by atoms with E-state index in [1.807, 2.05) is 17.8 Å². The van der Waals surface area contributed by atoms with Crippen LogP contribution in [0, 0.1) is 11.3 Å². The minimum Gasteiger partial charge on any atom is -0.300 e. The van der Waals surface area contributed by atoms with Crippen LogP contribution in [0.25, 0.3) is 0 Å². The van der Waals surface area contributed by atoms with Gasteiger partial charge >= 0.3 is 0 Å². The highest BCUT2D eigenvalue weighted by molar-refractivity contribution is 7.99. The van der Waals surface area contributed by atoms with Crippen molar-refractivity contribution in [3.63, 3.8) is 0 Å². The summed E-state index contributed by atoms with van der Waals surface area (Å²) >= 11 is 8.22. The van der Waals surface area contributed by atoms with Crippen molar-refractivity contribution in [1.29, 1.82) is 5.26 Å². The minimum atomic E-state index is 0.359. The highest BCUT2D eigenvalue weighted by Crippen LogP contribution is 2.43. The summed E-state index contributed by atoms with van der Waals surface area (Å²) in [6.45, 7) is 5.02. The fourth-order valence-corrected chi connectivity index (χ4v) is 5.21. The lowest BCUT2D eigenvalue weighted by Gasteiger charge is -2.39. The quantitative estimate of drug-likeness (QED) is 0.773. The van der Waals surface area contributed by atoms with E-state index in [1.54, 1.807) is 0 Å². The van der Waals surface area contributed by atoms with Crippen LogP contribution in [0.3, 0.4) is 0 Å². The van der Waals surface area contributed by atoms with Gasteiger partial charge in [0.1, 0.15) is 0 Å². The lowest BCUT2D eigenvalue weighted by molar-refractivity contribution is 0.0957. The topological polar surface area (TPSA) is 30.3 Å². The van der Waals surface area contributed by atoms with Crippen molar-refractivity contribution in [1.82, 2.24) is 9.80 Å². The zero-order valence-corrected chi connectivity index (χ0v) is 16.3. The number of fused-ring (bicyclic) bond motifs is 2. The molecule has 1 fully saturated rings. The highest BCUT2D eigenvalue weighted by atomic mass is 35.5. The van der Waals surface area contributed by atoms with Gasteiger partial charge < -0.3 is 0 Å². The Kier molecular flexibility index (Phi) is 5.52. The van der Waals surface area contributed by atoms with Crippen molar-refractivity contribution >= 4 is 23.4 Å². The molecule has 2 aliphatic heterocycles. The van der Waals surface area contributed by atoms with Gasteiger partial charge in [0.15, 0.2) is 0 Å². The Morgan fingerprint density at radius 1 is 1.08 bits per heavy atom. The van der Waals surface area contributed by atoms with E-state index in [0.717, 1.165) is 44.2 Å². The minimum absolute atomic E-state index is 0.359. The van der Waals surface area contributed by atoms with Gasteiger partial charge in [-0.05, 0) is 41.8 Å². The van der Waals surface area contributed by atoms with Gasteiger partial charge in [-0.15, -0.1) is 0 Å². The Balaban J connectivity index is 1.61. The van der Waals surface area contributed by atoms with Crippen LogP contribution in [0.1, 0.15) is 23.6 Å². The Morgan fingerprint density at radius 2 is 1.88 bits per heavy atom. The Labute approximate surface area is 164 Å². The Hall–Kier alpha value is -1.51. The number of rotatable bonds is 3. The van der Waals surface area contributed by atoms with Crippen molar-refractivity contribution in [2.45, 2.75) is 28.7 Å². The summed E-state index contributed by atoms with van der Waals surface area (Å²) in [6, 6.07) is 17.7. The maximum atomic E-state index is 8.81. The first-order valence-corrected chi connectivity index (χ1v) is 10.3. The molecule has 0 aliphatic carbocycles. The molecule has 0 amide bonds. The van der Waals surface area contributed by atoms with Gasteiger partial charge in [0.25, 0.3) is 0 Å². The van der Waals surface area contributed by atoms with Gasteiger partial charge in [0, 0.05) is 60.0 Å². The van der Waals surface area contributed by atoms with Crippen LogP contribution in [0.4, 0.5) is 0 Å². The van der Waals surface area contributed by atoms with Crippen molar-refractivity contribution in [2.75, 3.05) is 32.7 Å². The standard InChI is InChI=1S/C21H22ClN3S/c22-17-6-7-21-18(15-17)19(14-16-4-1-2-5-20(16)26-21)25-12-10-24(11-13-25)9-3-8-23/h1-2,4-7,15,19H,3,9-14H2. The first-order valence-electron chi connectivity index (χ1n) is 9.13. The predicted octanol–water partition coefficient (Wildman–Crippen LogP) is 4.62. The van der Waals surface area contributed by atoms with Gasteiger partial charge in [-0.3, -0.25) is 9.80 Å². The molecule has 1 atom stereocenters. The molecule has 5 heteroatoms. The molecule has 1 saturated heterocycles. The van der Waals surface area contributed by atoms with E-state index >= 15 is 0 Å². The van der Waals surface area contributed by atoms with Crippen LogP contribution in [0.5, 0.6) is 0 Å². The molecule has 0 radical (unpaired) electrons. The third kappa shape index (κ3) is 3.77. The Morgan fingerprint density at radius 3 is 2.69 bits per heavy atom. The number of hydrogen-bond acceptors (Lipinski definition) is 4. The molecule has 2 heterocycles. The third-order valence-electron chi connectivity index (χ3n) is 5.32. The van der Waals surface area contributed by atoms with Crippen LogP contribution in [-0.4, -0.2) is 42.5 Å². The monoisotopic (exact) mass is 383 g/mol. The average molecular weight is 384 g/mol. The fraction of sp³-hybridized carbons (Fsp3) is 0.381. The second-order valence-electron chi connectivity index (χ2n) is 6.90. The van der Waals surface area contributed by atoms with Crippen LogP contribution in [-0.2, 0) is 6.42 Å². The maximum Gasteiger partial charge on any atom is 0.0635 e. The van der Waals surface area contributed by atoms with Crippen molar-refractivity contribution < 1.29 is 0 Å². The fourth-order valence-electron chi connectivity index (χ4n) is 3.91. The molecule has 1 unspecified atom stereocenters. The van der Waals surface area contributed by atoms with Crippen molar-refractivity contribution in [3.05, 3.63) is 58.6 Å². The van der Waals surface area contributed by atoms with Crippen LogP contribution in [0.15, 0.2) is 52.3 Å². The molecule has 0 saturated carbocycles. The summed E-state index contributed by atoms with van der Waals surface area (Å²) in [5, 5.41) is 9.62. The molecule has 134 valence electrons. The van der Waals surface area contributed by atoms with Crippen LogP contribution < -0.4 is 0 Å². The maximum absolute atomic E-state index is 8.81. The van der Waals surface area contributed by atoms with E-state index in [1.165, 1.54) is 20.9 Å². The first-order chi connectivity index (χ1) is 12.7. The van der Waals surface area contributed by atoms with Gasteiger partial charge in [-0.2, -0.15) is 5.26 Å². The smallest absolute Gasteiger partial charge is 0.0635 e. The molecule has 2 aliphatic rings. The highest BCUT2D eigenvalue weighted by Gasteiger charge is 2.30. The first kappa shape index (κ1) is 17.9. The second-order valence-corrected chi connectivity index (χ2v) is 8.42. The molecular formula is C21H22ClN3S. The number of nitrogens with zero attached hydrogens (tertiary/aromatic N) is 3. The molecule has 0 spiro atoms. The lowest BCUT2D eigenvalue weighted by Crippen LogP contribution is -2.48. The average Bonchev–Trinajstić information content (AvgIpc) is 2.83. The summed E-state index contributed by atoms with van der Waals surface area (Å²) in [6.07, 6.45) is 1.64. The molecule has 3 nitrogen and oxygen atoms in total. The summed E-state index contributed by atoms with van der Waals surface area (Å²) in [4.78, 5) is 7.67. The number of benzene rings is 2. The summed E-state index contributed by atoms with van der Waals surface area (Å²) in [7, 11) is 0. The SMILES string of the molecule is N#CCCN1CCN(C2Cc3ccccc3Sc3ccc(Cl)cc32)CC1. The van der Waals surface area contributed by atoms with Gasteiger partial charge in [0.05, 0.1) is 6.07 Å². The number of piperazine rings is 1. The molecule has 0 bridgehead atoms. The summed E-state index contributed by atoms with van der Waals surface area (Å²) < 4.78 is 0. The molecule has 0 N–H and O–H groups in total. The Bertz CT molecular complexity index is 824. The van der Waals surface area contributed by atoms with Crippen molar-refractivity contribution in [3.8, 4) is 6.07 Å².